The van der Waals surface area contributed by atoms with Crippen molar-refractivity contribution < 1.29 is 4.92 Å². The van der Waals surface area contributed by atoms with E-state index in [2.05, 4.69) is 0 Å². The van der Waals surface area contributed by atoms with E-state index in [9.17, 15) is 10.1 Å². The molecular weight excluding hydrogens is 204 g/mol. The van der Waals surface area contributed by atoms with Crippen molar-refractivity contribution in [1.82, 2.24) is 0 Å². The van der Waals surface area contributed by atoms with Crippen LogP contribution in [-0.4, -0.2) is 4.92 Å². The Balaban J connectivity index is 2.82. The lowest BCUT2D eigenvalue weighted by molar-refractivity contribution is -0.383. The highest BCUT2D eigenvalue weighted by Crippen LogP contribution is 2.28. The van der Waals surface area contributed by atoms with Crippen LogP contribution in [-0.2, 0) is 6.42 Å². The number of hydrogen-bond acceptors (Lipinski definition) is 3. The summed E-state index contributed by atoms with van der Waals surface area (Å²) in [6.45, 7) is 0. The molecule has 78 valence electrons. The van der Waals surface area contributed by atoms with Gasteiger partial charge in [-0.05, 0) is 10.9 Å². The predicted molar refractivity (Wildman–Crippen MR) is 59.9 cm³/mol. The quantitative estimate of drug-likeness (QED) is 0.567. The maximum Gasteiger partial charge on any atom is 0.277 e. The average Bonchev–Trinajstić information content (AvgIpc) is 2.29. The number of benzene rings is 2. The first kappa shape index (κ1) is 10.1. The molecule has 2 aromatic rings. The second-order valence-corrected chi connectivity index (χ2v) is 3.38. The van der Waals surface area contributed by atoms with Gasteiger partial charge < -0.3 is 0 Å². The van der Waals surface area contributed by atoms with E-state index < -0.39 is 4.92 Å². The van der Waals surface area contributed by atoms with Gasteiger partial charge in [0.05, 0.1) is 22.8 Å². The Kier molecular flexibility index (Phi) is 2.52. The fourth-order valence-corrected chi connectivity index (χ4v) is 1.78. The molecule has 0 aliphatic rings. The van der Waals surface area contributed by atoms with E-state index in [-0.39, 0.29) is 12.1 Å². The maximum absolute atomic E-state index is 10.9. The largest absolute Gasteiger partial charge is 0.277 e. The summed E-state index contributed by atoms with van der Waals surface area (Å²) >= 11 is 0. The van der Waals surface area contributed by atoms with Crippen molar-refractivity contribution in [3.63, 3.8) is 0 Å². The molecule has 0 saturated carbocycles. The summed E-state index contributed by atoms with van der Waals surface area (Å²) in [5.74, 6) is 0. The van der Waals surface area contributed by atoms with Crippen LogP contribution < -0.4 is 0 Å². The SMILES string of the molecule is N#CCc1cccc2cccc([N+](=O)[O-])c12. The lowest BCUT2D eigenvalue weighted by Gasteiger charge is -2.03. The van der Waals surface area contributed by atoms with Gasteiger partial charge in [-0.25, -0.2) is 0 Å². The van der Waals surface area contributed by atoms with Crippen LogP contribution in [0, 0.1) is 21.4 Å². The summed E-state index contributed by atoms with van der Waals surface area (Å²) < 4.78 is 0. The summed E-state index contributed by atoms with van der Waals surface area (Å²) in [4.78, 5) is 10.5. The van der Waals surface area contributed by atoms with E-state index in [4.69, 9.17) is 5.26 Å². The molecule has 0 amide bonds. The van der Waals surface area contributed by atoms with Crippen LogP contribution in [0.15, 0.2) is 36.4 Å². The highest BCUT2D eigenvalue weighted by molar-refractivity contribution is 5.93. The third-order valence-corrected chi connectivity index (χ3v) is 2.44. The standard InChI is InChI=1S/C12H8N2O2/c13-8-7-10-4-1-3-9-5-2-6-11(12(9)10)14(15)16/h1-6H,7H2. The Hall–Kier alpha value is -2.41. The highest BCUT2D eigenvalue weighted by atomic mass is 16.6. The zero-order valence-corrected chi connectivity index (χ0v) is 8.38. The van der Waals surface area contributed by atoms with Gasteiger partial charge >= 0.3 is 0 Å². The van der Waals surface area contributed by atoms with Crippen LogP contribution in [0.3, 0.4) is 0 Å². The molecule has 2 aromatic carbocycles. The molecule has 0 N–H and O–H groups in total. The molecule has 0 unspecified atom stereocenters. The van der Waals surface area contributed by atoms with Crippen molar-refractivity contribution >= 4 is 16.5 Å². The first-order valence-corrected chi connectivity index (χ1v) is 4.76. The topological polar surface area (TPSA) is 66.9 Å². The predicted octanol–water partition coefficient (Wildman–Crippen LogP) is 2.81. The zero-order valence-electron chi connectivity index (χ0n) is 8.38. The Morgan fingerprint density at radius 3 is 2.56 bits per heavy atom. The minimum absolute atomic E-state index is 0.0587. The number of non-ortho nitro benzene ring substituents is 1. The fourth-order valence-electron chi connectivity index (χ4n) is 1.78. The summed E-state index contributed by atoms with van der Waals surface area (Å²) in [5.41, 5.74) is 0.760. The van der Waals surface area contributed by atoms with Crippen molar-refractivity contribution in [2.75, 3.05) is 0 Å². The second-order valence-electron chi connectivity index (χ2n) is 3.38. The molecule has 16 heavy (non-hydrogen) atoms. The molecule has 0 saturated heterocycles. The third kappa shape index (κ3) is 1.59. The maximum atomic E-state index is 10.9. The Labute approximate surface area is 91.9 Å². The molecule has 4 nitrogen and oxygen atoms in total. The lowest BCUT2D eigenvalue weighted by Crippen LogP contribution is -1.93. The lowest BCUT2D eigenvalue weighted by atomic mass is 10.0. The number of nitro benzene ring substituents is 1. The number of rotatable bonds is 2. The molecule has 0 fully saturated rings. The minimum Gasteiger partial charge on any atom is -0.258 e. The number of nitriles is 1. The number of fused-ring (bicyclic) bond motifs is 1. The van der Waals surface area contributed by atoms with Gasteiger partial charge in [-0.3, -0.25) is 10.1 Å². The van der Waals surface area contributed by atoms with Crippen molar-refractivity contribution in [3.8, 4) is 6.07 Å². The smallest absolute Gasteiger partial charge is 0.258 e. The van der Waals surface area contributed by atoms with Crippen molar-refractivity contribution in [2.24, 2.45) is 0 Å². The molecule has 0 aliphatic heterocycles. The van der Waals surface area contributed by atoms with Gasteiger partial charge in [0.25, 0.3) is 5.69 Å². The van der Waals surface area contributed by atoms with Crippen molar-refractivity contribution in [2.45, 2.75) is 6.42 Å². The van der Waals surface area contributed by atoms with Gasteiger partial charge in [-0.15, -0.1) is 0 Å². The fraction of sp³-hybridized carbons (Fsp3) is 0.0833. The molecule has 0 aromatic heterocycles. The van der Waals surface area contributed by atoms with E-state index >= 15 is 0 Å². The summed E-state index contributed by atoms with van der Waals surface area (Å²) in [5, 5.41) is 20.9. The Morgan fingerprint density at radius 1 is 1.25 bits per heavy atom. The number of nitro groups is 1. The van der Waals surface area contributed by atoms with E-state index in [0.29, 0.717) is 10.9 Å². The normalized spacial score (nSPS) is 9.94. The van der Waals surface area contributed by atoms with Crippen LogP contribution in [0.1, 0.15) is 5.56 Å². The van der Waals surface area contributed by atoms with Crippen LogP contribution in [0.25, 0.3) is 10.8 Å². The summed E-state index contributed by atoms with van der Waals surface area (Å²) in [6, 6.07) is 12.3. The van der Waals surface area contributed by atoms with E-state index in [0.717, 1.165) is 5.39 Å². The molecule has 0 radical (unpaired) electrons. The Morgan fingerprint density at radius 2 is 1.94 bits per heavy atom. The van der Waals surface area contributed by atoms with Crippen LogP contribution >= 0.6 is 0 Å². The molecule has 4 heteroatoms. The third-order valence-electron chi connectivity index (χ3n) is 2.44. The summed E-state index contributed by atoms with van der Waals surface area (Å²) in [7, 11) is 0. The van der Waals surface area contributed by atoms with Gasteiger partial charge in [0.2, 0.25) is 0 Å². The van der Waals surface area contributed by atoms with E-state index in [1.54, 1.807) is 18.2 Å². The van der Waals surface area contributed by atoms with Crippen LogP contribution in [0.5, 0.6) is 0 Å². The van der Waals surface area contributed by atoms with Gasteiger partial charge in [-0.2, -0.15) is 5.26 Å². The molecule has 0 spiro atoms. The first-order chi connectivity index (χ1) is 7.74. The van der Waals surface area contributed by atoms with E-state index in [1.807, 2.05) is 18.2 Å². The van der Waals surface area contributed by atoms with Gasteiger partial charge in [0.1, 0.15) is 0 Å². The molecule has 0 atom stereocenters. The van der Waals surface area contributed by atoms with E-state index in [1.165, 1.54) is 6.07 Å². The van der Waals surface area contributed by atoms with Crippen LogP contribution in [0.2, 0.25) is 0 Å². The number of hydrogen-bond donors (Lipinski definition) is 0. The molecule has 0 aliphatic carbocycles. The van der Waals surface area contributed by atoms with Crippen molar-refractivity contribution in [3.05, 3.63) is 52.1 Å². The first-order valence-electron chi connectivity index (χ1n) is 4.76. The molecule has 0 bridgehead atoms. The molecule has 0 heterocycles. The average molecular weight is 212 g/mol. The van der Waals surface area contributed by atoms with Crippen LogP contribution in [0.4, 0.5) is 5.69 Å². The Bertz CT molecular complexity index is 594. The van der Waals surface area contributed by atoms with Gasteiger partial charge in [-0.1, -0.05) is 30.3 Å². The highest BCUT2D eigenvalue weighted by Gasteiger charge is 2.14. The monoisotopic (exact) mass is 212 g/mol. The molecular formula is C12H8N2O2. The van der Waals surface area contributed by atoms with Gasteiger partial charge in [0.15, 0.2) is 0 Å². The molecule has 2 rings (SSSR count). The van der Waals surface area contributed by atoms with Crippen molar-refractivity contribution in [1.29, 1.82) is 5.26 Å². The summed E-state index contributed by atoms with van der Waals surface area (Å²) in [6.07, 6.45) is 0.183. The minimum atomic E-state index is -0.413. The van der Waals surface area contributed by atoms with Gasteiger partial charge in [0, 0.05) is 6.07 Å². The number of nitrogens with zero attached hydrogens (tertiary/aromatic N) is 2. The second kappa shape index (κ2) is 3.99. The zero-order chi connectivity index (χ0) is 11.5.